The highest BCUT2D eigenvalue weighted by Crippen LogP contribution is 2.32. The van der Waals surface area contributed by atoms with Gasteiger partial charge >= 0.3 is 0 Å². The minimum absolute atomic E-state index is 0.462. The Kier molecular flexibility index (Phi) is 7.44. The predicted octanol–water partition coefficient (Wildman–Crippen LogP) is 6.05. The van der Waals surface area contributed by atoms with Crippen LogP contribution in [0.5, 0.6) is 5.75 Å². The third kappa shape index (κ3) is 6.02. The third-order valence-electron chi connectivity index (χ3n) is 5.46. The van der Waals surface area contributed by atoms with Gasteiger partial charge in [-0.25, -0.2) is 19.9 Å². The molecule has 0 atom stereocenters. The number of ether oxygens (including phenoxy) is 1. The van der Waals surface area contributed by atoms with E-state index in [1.165, 1.54) is 11.3 Å². The number of rotatable bonds is 9. The molecule has 9 heteroatoms. The zero-order chi connectivity index (χ0) is 24.7. The molecule has 5 aromatic rings. The van der Waals surface area contributed by atoms with Gasteiger partial charge in [-0.15, -0.1) is 11.3 Å². The number of aryl methyl sites for hydroxylation is 2. The van der Waals surface area contributed by atoms with Crippen LogP contribution in [-0.2, 0) is 19.4 Å². The average molecular weight is 515 g/mol. The van der Waals surface area contributed by atoms with Gasteiger partial charge in [-0.1, -0.05) is 41.9 Å². The van der Waals surface area contributed by atoms with Crippen LogP contribution in [-0.4, -0.2) is 24.9 Å². The zero-order valence-electron chi connectivity index (χ0n) is 19.3. The largest absolute Gasteiger partial charge is 0.489 e. The molecule has 0 fully saturated rings. The maximum atomic E-state index is 6.62. The highest BCUT2D eigenvalue weighted by atomic mass is 35.5. The standard InChI is InChI=1S/C27H23ClN6OS/c28-23-10-9-20(35-17-18-5-2-1-3-6-18)14-22(23)24-13-19(7-4-8-21-15-32-27(29)36-21)33-26(34-24)25-16-30-11-12-31-25/h1-3,5-6,9-16H,4,7-8,17H2,(H2,29,32). The van der Waals surface area contributed by atoms with Crippen molar-refractivity contribution in [2.45, 2.75) is 25.9 Å². The second kappa shape index (κ2) is 11.2. The molecule has 3 heterocycles. The second-order valence-electron chi connectivity index (χ2n) is 8.09. The second-order valence-corrected chi connectivity index (χ2v) is 9.65. The Bertz CT molecular complexity index is 1450. The molecule has 5 rings (SSSR count). The van der Waals surface area contributed by atoms with Crippen molar-refractivity contribution in [1.82, 2.24) is 24.9 Å². The summed E-state index contributed by atoms with van der Waals surface area (Å²) in [5.41, 5.74) is 9.82. The van der Waals surface area contributed by atoms with E-state index in [1.807, 2.05) is 60.8 Å². The van der Waals surface area contributed by atoms with E-state index in [2.05, 4.69) is 15.0 Å². The van der Waals surface area contributed by atoms with Crippen LogP contribution in [0.3, 0.4) is 0 Å². The van der Waals surface area contributed by atoms with Crippen molar-refractivity contribution < 1.29 is 4.74 Å². The number of thiazole rings is 1. The highest BCUT2D eigenvalue weighted by molar-refractivity contribution is 7.15. The van der Waals surface area contributed by atoms with Crippen LogP contribution in [0, 0.1) is 0 Å². The molecular weight excluding hydrogens is 492 g/mol. The first kappa shape index (κ1) is 23.8. The number of nitrogen functional groups attached to an aromatic ring is 1. The molecule has 0 radical (unpaired) electrons. The first-order chi connectivity index (χ1) is 17.6. The first-order valence-electron chi connectivity index (χ1n) is 11.5. The maximum absolute atomic E-state index is 6.62. The highest BCUT2D eigenvalue weighted by Gasteiger charge is 2.14. The molecule has 0 aliphatic carbocycles. The zero-order valence-corrected chi connectivity index (χ0v) is 20.9. The fraction of sp³-hybridized carbons (Fsp3) is 0.148. The van der Waals surface area contributed by atoms with Gasteiger partial charge in [0.25, 0.3) is 0 Å². The summed E-state index contributed by atoms with van der Waals surface area (Å²) in [7, 11) is 0. The first-order valence-corrected chi connectivity index (χ1v) is 12.6. The molecule has 2 aromatic carbocycles. The van der Waals surface area contributed by atoms with Crippen molar-refractivity contribution in [3.8, 4) is 28.5 Å². The van der Waals surface area contributed by atoms with Crippen molar-refractivity contribution in [2.75, 3.05) is 5.73 Å². The molecule has 0 bridgehead atoms. The Morgan fingerprint density at radius 2 is 1.78 bits per heavy atom. The number of anilines is 1. The monoisotopic (exact) mass is 514 g/mol. The lowest BCUT2D eigenvalue weighted by atomic mass is 10.1. The average Bonchev–Trinajstić information content (AvgIpc) is 3.34. The molecule has 3 aromatic heterocycles. The molecule has 180 valence electrons. The summed E-state index contributed by atoms with van der Waals surface area (Å²) >= 11 is 8.14. The van der Waals surface area contributed by atoms with Gasteiger partial charge in [-0.05, 0) is 49.1 Å². The lowest BCUT2D eigenvalue weighted by Crippen LogP contribution is -2.01. The van der Waals surface area contributed by atoms with Gasteiger partial charge in [-0.2, -0.15) is 0 Å². The minimum Gasteiger partial charge on any atom is -0.489 e. The van der Waals surface area contributed by atoms with Crippen LogP contribution in [0.1, 0.15) is 22.6 Å². The number of benzene rings is 2. The van der Waals surface area contributed by atoms with Gasteiger partial charge in [0.05, 0.1) is 16.9 Å². The van der Waals surface area contributed by atoms with E-state index in [9.17, 15) is 0 Å². The topological polar surface area (TPSA) is 99.7 Å². The molecule has 0 saturated heterocycles. The van der Waals surface area contributed by atoms with Crippen molar-refractivity contribution in [2.24, 2.45) is 0 Å². The Hall–Kier alpha value is -3.88. The van der Waals surface area contributed by atoms with E-state index in [1.54, 1.807) is 18.6 Å². The van der Waals surface area contributed by atoms with Crippen molar-refractivity contribution in [1.29, 1.82) is 0 Å². The minimum atomic E-state index is 0.462. The SMILES string of the molecule is Nc1ncc(CCCc2cc(-c3cc(OCc4ccccc4)ccc3Cl)nc(-c3cnccn3)n2)s1. The van der Waals surface area contributed by atoms with E-state index in [0.29, 0.717) is 39.7 Å². The van der Waals surface area contributed by atoms with Crippen LogP contribution in [0.25, 0.3) is 22.8 Å². The molecule has 7 nitrogen and oxygen atoms in total. The Morgan fingerprint density at radius 3 is 2.56 bits per heavy atom. The van der Waals surface area contributed by atoms with Crippen LogP contribution in [0.15, 0.2) is 79.4 Å². The normalized spacial score (nSPS) is 10.9. The number of hydrogen-bond acceptors (Lipinski definition) is 8. The lowest BCUT2D eigenvalue weighted by Gasteiger charge is -2.12. The third-order valence-corrected chi connectivity index (χ3v) is 6.68. The van der Waals surface area contributed by atoms with Gasteiger partial charge in [0, 0.05) is 34.7 Å². The molecule has 0 aliphatic rings. The summed E-state index contributed by atoms with van der Waals surface area (Å²) in [6.45, 7) is 0.462. The van der Waals surface area contributed by atoms with Crippen LogP contribution in [0.4, 0.5) is 5.13 Å². The number of aromatic nitrogens is 5. The molecule has 36 heavy (non-hydrogen) atoms. The van der Waals surface area contributed by atoms with E-state index in [0.717, 1.165) is 41.0 Å². The number of nitrogens with two attached hydrogens (primary N) is 1. The number of hydrogen-bond donors (Lipinski definition) is 1. The molecule has 0 unspecified atom stereocenters. The summed E-state index contributed by atoms with van der Waals surface area (Å²) in [5.74, 6) is 1.21. The summed E-state index contributed by atoms with van der Waals surface area (Å²) in [6.07, 6.45) is 9.26. The number of halogens is 1. The smallest absolute Gasteiger partial charge is 0.180 e. The quantitative estimate of drug-likeness (QED) is 0.255. The Morgan fingerprint density at radius 1 is 0.889 bits per heavy atom. The summed E-state index contributed by atoms with van der Waals surface area (Å²) in [5, 5.41) is 1.17. The number of nitrogens with zero attached hydrogens (tertiary/aromatic N) is 5. The van der Waals surface area contributed by atoms with E-state index in [-0.39, 0.29) is 0 Å². The maximum Gasteiger partial charge on any atom is 0.180 e. The van der Waals surface area contributed by atoms with Gasteiger partial charge in [0.2, 0.25) is 0 Å². The van der Waals surface area contributed by atoms with Gasteiger partial charge < -0.3 is 10.5 Å². The Balaban J connectivity index is 1.43. The predicted molar refractivity (Wildman–Crippen MR) is 143 cm³/mol. The van der Waals surface area contributed by atoms with E-state index < -0.39 is 0 Å². The summed E-state index contributed by atoms with van der Waals surface area (Å²) in [6, 6.07) is 17.6. The van der Waals surface area contributed by atoms with E-state index in [4.69, 9.17) is 32.0 Å². The van der Waals surface area contributed by atoms with Crippen molar-refractivity contribution in [3.05, 3.63) is 101 Å². The van der Waals surface area contributed by atoms with Gasteiger partial charge in [0.1, 0.15) is 18.1 Å². The molecular formula is C27H23ClN6OS. The van der Waals surface area contributed by atoms with Crippen LogP contribution in [0.2, 0.25) is 5.02 Å². The molecule has 0 amide bonds. The lowest BCUT2D eigenvalue weighted by molar-refractivity contribution is 0.306. The van der Waals surface area contributed by atoms with Gasteiger partial charge in [0.15, 0.2) is 11.0 Å². The van der Waals surface area contributed by atoms with E-state index >= 15 is 0 Å². The van der Waals surface area contributed by atoms with Crippen molar-refractivity contribution in [3.63, 3.8) is 0 Å². The van der Waals surface area contributed by atoms with Gasteiger partial charge in [-0.3, -0.25) is 4.98 Å². The fourth-order valence-corrected chi connectivity index (χ4v) is 4.65. The molecule has 0 saturated carbocycles. The van der Waals surface area contributed by atoms with Crippen molar-refractivity contribution >= 4 is 28.1 Å². The Labute approximate surface area is 218 Å². The molecule has 2 N–H and O–H groups in total. The molecule has 0 aliphatic heterocycles. The van der Waals surface area contributed by atoms with Crippen LogP contribution < -0.4 is 10.5 Å². The molecule has 0 spiro atoms. The fourth-order valence-electron chi connectivity index (χ4n) is 3.71. The van der Waals surface area contributed by atoms with Crippen LogP contribution >= 0.6 is 22.9 Å². The summed E-state index contributed by atoms with van der Waals surface area (Å²) < 4.78 is 6.03. The summed E-state index contributed by atoms with van der Waals surface area (Å²) in [4.78, 5) is 23.4.